The lowest BCUT2D eigenvalue weighted by molar-refractivity contribution is 0.0745. The summed E-state index contributed by atoms with van der Waals surface area (Å²) in [5.41, 5.74) is 1.48. The maximum atomic E-state index is 12.9. The van der Waals surface area contributed by atoms with E-state index < -0.39 is 0 Å². The molecule has 0 N–H and O–H groups in total. The number of halogens is 1. The van der Waals surface area contributed by atoms with Crippen molar-refractivity contribution in [3.05, 3.63) is 47.0 Å². The number of hydrogen-bond acceptors (Lipinski definition) is 6. The highest BCUT2D eigenvalue weighted by atomic mass is 35.5. The van der Waals surface area contributed by atoms with Gasteiger partial charge in [0, 0.05) is 31.7 Å². The number of anilines is 1. The van der Waals surface area contributed by atoms with Crippen LogP contribution in [0.1, 0.15) is 10.4 Å². The van der Waals surface area contributed by atoms with Crippen molar-refractivity contribution in [2.45, 2.75) is 0 Å². The summed E-state index contributed by atoms with van der Waals surface area (Å²) < 4.78 is 12.2. The molecule has 0 saturated carbocycles. The molecule has 2 aliphatic heterocycles. The largest absolute Gasteiger partial charge is 0.486 e. The van der Waals surface area contributed by atoms with Crippen molar-refractivity contribution in [1.29, 1.82) is 0 Å². The van der Waals surface area contributed by atoms with Gasteiger partial charge in [-0.05, 0) is 30.3 Å². The molecule has 0 bridgehead atoms. The number of fused-ring (bicyclic) bond motifs is 2. The van der Waals surface area contributed by atoms with Crippen LogP contribution in [0.5, 0.6) is 11.5 Å². The van der Waals surface area contributed by atoms with Crippen molar-refractivity contribution in [2.24, 2.45) is 0 Å². The number of para-hydroxylation sites is 1. The van der Waals surface area contributed by atoms with E-state index in [1.54, 1.807) is 23.5 Å². The van der Waals surface area contributed by atoms with Gasteiger partial charge in [-0.25, -0.2) is 4.98 Å². The summed E-state index contributed by atoms with van der Waals surface area (Å²) >= 11 is 7.88. The molecule has 28 heavy (non-hydrogen) atoms. The minimum absolute atomic E-state index is 0.0176. The van der Waals surface area contributed by atoms with Crippen LogP contribution in [0.4, 0.5) is 5.13 Å². The predicted molar refractivity (Wildman–Crippen MR) is 110 cm³/mol. The maximum Gasteiger partial charge on any atom is 0.254 e. The van der Waals surface area contributed by atoms with E-state index in [0.717, 1.165) is 28.4 Å². The molecule has 0 atom stereocenters. The first-order valence-corrected chi connectivity index (χ1v) is 10.4. The molecular weight excluding hydrogens is 398 g/mol. The van der Waals surface area contributed by atoms with Crippen molar-refractivity contribution < 1.29 is 14.3 Å². The van der Waals surface area contributed by atoms with Gasteiger partial charge in [0.1, 0.15) is 18.7 Å². The summed E-state index contributed by atoms with van der Waals surface area (Å²) in [6.07, 6.45) is 0. The molecule has 1 saturated heterocycles. The molecule has 8 heteroatoms. The third kappa shape index (κ3) is 3.14. The van der Waals surface area contributed by atoms with Crippen LogP contribution >= 0.6 is 22.9 Å². The first-order chi connectivity index (χ1) is 13.7. The molecule has 3 aromatic rings. The summed E-state index contributed by atoms with van der Waals surface area (Å²) in [5.74, 6) is 1.35. The van der Waals surface area contributed by atoms with Gasteiger partial charge in [-0.2, -0.15) is 0 Å². The van der Waals surface area contributed by atoms with Crippen molar-refractivity contribution in [3.8, 4) is 11.5 Å². The Bertz CT molecular complexity index is 1050. The lowest BCUT2D eigenvalue weighted by Gasteiger charge is -2.34. The topological polar surface area (TPSA) is 54.9 Å². The van der Waals surface area contributed by atoms with E-state index in [1.807, 2.05) is 29.2 Å². The number of thiazole rings is 1. The Labute approximate surface area is 171 Å². The molecule has 0 aliphatic carbocycles. The van der Waals surface area contributed by atoms with E-state index in [4.69, 9.17) is 26.1 Å². The van der Waals surface area contributed by atoms with Crippen molar-refractivity contribution in [2.75, 3.05) is 44.3 Å². The normalized spacial score (nSPS) is 16.5. The first kappa shape index (κ1) is 17.6. The lowest BCUT2D eigenvalue weighted by Crippen LogP contribution is -2.48. The average molecular weight is 416 g/mol. The Morgan fingerprint density at radius 2 is 1.82 bits per heavy atom. The van der Waals surface area contributed by atoms with Crippen LogP contribution in [-0.2, 0) is 0 Å². The van der Waals surface area contributed by atoms with Gasteiger partial charge in [-0.3, -0.25) is 4.79 Å². The Hall–Kier alpha value is -2.51. The fraction of sp³-hybridized carbons (Fsp3) is 0.300. The second kappa shape index (κ2) is 7.14. The molecule has 6 nitrogen and oxygen atoms in total. The highest BCUT2D eigenvalue weighted by Crippen LogP contribution is 2.34. The Kier molecular flexibility index (Phi) is 4.49. The molecule has 2 aliphatic rings. The van der Waals surface area contributed by atoms with Gasteiger partial charge in [0.2, 0.25) is 0 Å². The van der Waals surface area contributed by atoms with Crippen LogP contribution in [0.2, 0.25) is 5.02 Å². The average Bonchev–Trinajstić information content (AvgIpc) is 3.19. The van der Waals surface area contributed by atoms with Gasteiger partial charge in [-0.15, -0.1) is 0 Å². The SMILES string of the molecule is O=C(c1ccc2c(c1)OCCO2)N1CCN(c2nc3c(Cl)cccc3s2)CC1. The molecule has 1 amide bonds. The first-order valence-electron chi connectivity index (χ1n) is 9.18. The van der Waals surface area contributed by atoms with E-state index in [2.05, 4.69) is 4.90 Å². The summed E-state index contributed by atoms with van der Waals surface area (Å²) in [4.78, 5) is 21.7. The second-order valence-electron chi connectivity index (χ2n) is 6.72. The number of hydrogen-bond donors (Lipinski definition) is 0. The van der Waals surface area contributed by atoms with Crippen LogP contribution in [0.15, 0.2) is 36.4 Å². The quantitative estimate of drug-likeness (QED) is 0.639. The van der Waals surface area contributed by atoms with Gasteiger partial charge in [0.15, 0.2) is 16.6 Å². The number of rotatable bonds is 2. The van der Waals surface area contributed by atoms with Crippen molar-refractivity contribution in [1.82, 2.24) is 9.88 Å². The molecule has 3 heterocycles. The summed E-state index contributed by atoms with van der Waals surface area (Å²) in [5, 5.41) is 1.63. The molecule has 144 valence electrons. The predicted octanol–water partition coefficient (Wildman–Crippen LogP) is 3.68. The molecule has 0 spiro atoms. The summed E-state index contributed by atoms with van der Waals surface area (Å²) in [6.45, 7) is 3.84. The van der Waals surface area contributed by atoms with Crippen molar-refractivity contribution >= 4 is 44.2 Å². The van der Waals surface area contributed by atoms with E-state index in [9.17, 15) is 4.79 Å². The second-order valence-corrected chi connectivity index (χ2v) is 8.14. The molecule has 5 rings (SSSR count). The van der Waals surface area contributed by atoms with Gasteiger partial charge in [0.05, 0.1) is 9.72 Å². The third-order valence-electron chi connectivity index (χ3n) is 4.98. The highest BCUT2D eigenvalue weighted by molar-refractivity contribution is 7.22. The number of piperazine rings is 1. The van der Waals surface area contributed by atoms with E-state index in [1.165, 1.54) is 0 Å². The number of carbonyl (C=O) groups is 1. The summed E-state index contributed by atoms with van der Waals surface area (Å²) in [7, 11) is 0. The van der Waals surface area contributed by atoms with Crippen LogP contribution in [0.3, 0.4) is 0 Å². The Morgan fingerprint density at radius 3 is 2.61 bits per heavy atom. The van der Waals surface area contributed by atoms with Crippen LogP contribution < -0.4 is 14.4 Å². The van der Waals surface area contributed by atoms with Gasteiger partial charge in [-0.1, -0.05) is 29.0 Å². The smallest absolute Gasteiger partial charge is 0.254 e. The van der Waals surface area contributed by atoms with Gasteiger partial charge in [0.25, 0.3) is 5.91 Å². The number of nitrogens with zero attached hydrogens (tertiary/aromatic N) is 3. The van der Waals surface area contributed by atoms with Gasteiger partial charge < -0.3 is 19.3 Å². The zero-order valence-electron chi connectivity index (χ0n) is 15.1. The standard InChI is InChI=1S/C20H18ClN3O3S/c21-14-2-1-3-17-18(14)22-20(28-17)24-8-6-23(7-9-24)19(25)13-4-5-15-16(12-13)27-11-10-26-15/h1-5,12H,6-11H2. The number of carbonyl (C=O) groups excluding carboxylic acids is 1. The number of benzene rings is 2. The van der Waals surface area contributed by atoms with Crippen LogP contribution in [0.25, 0.3) is 10.2 Å². The fourth-order valence-corrected chi connectivity index (χ4v) is 4.82. The zero-order valence-corrected chi connectivity index (χ0v) is 16.6. The molecule has 1 aromatic heterocycles. The zero-order chi connectivity index (χ0) is 19.1. The lowest BCUT2D eigenvalue weighted by atomic mass is 10.1. The Morgan fingerprint density at radius 1 is 1.04 bits per heavy atom. The molecule has 0 radical (unpaired) electrons. The molecule has 0 unspecified atom stereocenters. The van der Waals surface area contributed by atoms with Crippen molar-refractivity contribution in [3.63, 3.8) is 0 Å². The number of aromatic nitrogens is 1. The fourth-order valence-electron chi connectivity index (χ4n) is 3.50. The Balaban J connectivity index is 1.28. The van der Waals surface area contributed by atoms with Crippen LogP contribution in [-0.4, -0.2) is 55.2 Å². The third-order valence-corrected chi connectivity index (χ3v) is 6.37. The van der Waals surface area contributed by atoms with E-state index >= 15 is 0 Å². The highest BCUT2D eigenvalue weighted by Gasteiger charge is 2.25. The minimum Gasteiger partial charge on any atom is -0.486 e. The molecule has 2 aromatic carbocycles. The molecular formula is C20H18ClN3O3S. The number of ether oxygens (including phenoxy) is 2. The minimum atomic E-state index is 0.0176. The number of amides is 1. The maximum absolute atomic E-state index is 12.9. The van der Waals surface area contributed by atoms with E-state index in [-0.39, 0.29) is 5.91 Å². The molecule has 1 fully saturated rings. The monoisotopic (exact) mass is 415 g/mol. The van der Waals surface area contributed by atoms with E-state index in [0.29, 0.717) is 48.4 Å². The van der Waals surface area contributed by atoms with Crippen LogP contribution in [0, 0.1) is 0 Å². The summed E-state index contributed by atoms with van der Waals surface area (Å²) in [6, 6.07) is 11.2. The van der Waals surface area contributed by atoms with Gasteiger partial charge >= 0.3 is 0 Å².